The van der Waals surface area contributed by atoms with Crippen molar-refractivity contribution in [1.29, 1.82) is 0 Å². The van der Waals surface area contributed by atoms with Gasteiger partial charge in [0, 0.05) is 18.5 Å². The first-order valence-electron chi connectivity index (χ1n) is 4.51. The summed E-state index contributed by atoms with van der Waals surface area (Å²) in [7, 11) is 1.99. The van der Waals surface area contributed by atoms with Crippen LogP contribution in [0.1, 0.15) is 18.7 Å². The molecule has 0 aliphatic carbocycles. The minimum atomic E-state index is 0.414. The maximum atomic E-state index is 4.25. The van der Waals surface area contributed by atoms with E-state index in [-0.39, 0.29) is 0 Å². The second-order valence-corrected chi connectivity index (χ2v) is 3.78. The molecule has 1 aromatic rings. The highest BCUT2D eigenvalue weighted by Crippen LogP contribution is 2.15. The molecule has 13 heavy (non-hydrogen) atoms. The summed E-state index contributed by atoms with van der Waals surface area (Å²) in [6, 6.07) is 2.50. The van der Waals surface area contributed by atoms with Crippen LogP contribution in [-0.2, 0) is 6.54 Å². The van der Waals surface area contributed by atoms with E-state index in [9.17, 15) is 0 Å². The Morgan fingerprint density at radius 2 is 2.46 bits per heavy atom. The van der Waals surface area contributed by atoms with E-state index in [1.165, 1.54) is 5.69 Å². The van der Waals surface area contributed by atoms with Crippen molar-refractivity contribution in [3.05, 3.63) is 18.0 Å². The largest absolute Gasteiger partial charge is 0.311 e. The Bertz CT molecular complexity index is 247. The fourth-order valence-electron chi connectivity index (χ4n) is 1.39. The van der Waals surface area contributed by atoms with Gasteiger partial charge in [-0.05, 0) is 26.3 Å². The Hall–Kier alpha value is -0.480. The number of rotatable bonds is 5. The lowest BCUT2D eigenvalue weighted by Crippen LogP contribution is -2.22. The van der Waals surface area contributed by atoms with Crippen LogP contribution in [0, 0.1) is 0 Å². The maximum absolute atomic E-state index is 4.25. The summed E-state index contributed by atoms with van der Waals surface area (Å²) < 4.78 is 2.04. The minimum Gasteiger partial charge on any atom is -0.311 e. The molecule has 1 rings (SSSR count). The van der Waals surface area contributed by atoms with Crippen LogP contribution in [0.5, 0.6) is 0 Å². The highest BCUT2D eigenvalue weighted by molar-refractivity contribution is 7.98. The average Bonchev–Trinajstić information content (AvgIpc) is 2.61. The number of nitrogens with zero attached hydrogens (tertiary/aromatic N) is 2. The summed E-state index contributed by atoms with van der Waals surface area (Å²) in [5.74, 6) is 1.09. The zero-order valence-corrected chi connectivity index (χ0v) is 9.27. The van der Waals surface area contributed by atoms with Crippen molar-refractivity contribution in [2.45, 2.75) is 19.5 Å². The standard InChI is InChI=1S/C9H17N3S/c1-4-12-9(5-6-11-12)8(10-2)7-13-3/h5-6,8,10H,4,7H2,1-3H3. The predicted octanol–water partition coefficient (Wildman–Crippen LogP) is 1.53. The summed E-state index contributed by atoms with van der Waals surface area (Å²) in [5.41, 5.74) is 1.28. The highest BCUT2D eigenvalue weighted by Gasteiger charge is 2.12. The lowest BCUT2D eigenvalue weighted by atomic mass is 10.2. The summed E-state index contributed by atoms with van der Waals surface area (Å²) in [4.78, 5) is 0. The van der Waals surface area contributed by atoms with Gasteiger partial charge in [0.15, 0.2) is 0 Å². The third-order valence-electron chi connectivity index (χ3n) is 2.09. The fraction of sp³-hybridized carbons (Fsp3) is 0.667. The third kappa shape index (κ3) is 2.48. The van der Waals surface area contributed by atoms with Gasteiger partial charge in [0.25, 0.3) is 0 Å². The molecule has 1 unspecified atom stereocenters. The number of nitrogens with one attached hydrogen (secondary N) is 1. The Morgan fingerprint density at radius 3 is 3.00 bits per heavy atom. The maximum Gasteiger partial charge on any atom is 0.0581 e. The molecule has 0 aliphatic rings. The smallest absolute Gasteiger partial charge is 0.0581 e. The molecule has 0 spiro atoms. The van der Waals surface area contributed by atoms with Crippen molar-refractivity contribution >= 4 is 11.8 Å². The van der Waals surface area contributed by atoms with Crippen LogP contribution in [0.15, 0.2) is 12.3 Å². The molecule has 3 nitrogen and oxygen atoms in total. The lowest BCUT2D eigenvalue weighted by molar-refractivity contribution is 0.549. The Balaban J connectivity index is 2.77. The van der Waals surface area contributed by atoms with Gasteiger partial charge in [0.05, 0.1) is 11.7 Å². The molecule has 0 radical (unpaired) electrons. The van der Waals surface area contributed by atoms with Crippen molar-refractivity contribution in [2.24, 2.45) is 0 Å². The van der Waals surface area contributed by atoms with Gasteiger partial charge < -0.3 is 5.32 Å². The number of aryl methyl sites for hydroxylation is 1. The monoisotopic (exact) mass is 199 g/mol. The molecule has 0 bridgehead atoms. The average molecular weight is 199 g/mol. The van der Waals surface area contributed by atoms with Crippen molar-refractivity contribution in [3.63, 3.8) is 0 Å². The van der Waals surface area contributed by atoms with E-state index >= 15 is 0 Å². The molecule has 0 aromatic carbocycles. The summed E-state index contributed by atoms with van der Waals surface area (Å²) >= 11 is 1.85. The molecule has 0 fully saturated rings. The van der Waals surface area contributed by atoms with Crippen LogP contribution in [-0.4, -0.2) is 28.8 Å². The van der Waals surface area contributed by atoms with Crippen LogP contribution in [0.25, 0.3) is 0 Å². The molecular weight excluding hydrogens is 182 g/mol. The Labute approximate surface area is 83.9 Å². The van der Waals surface area contributed by atoms with Gasteiger partial charge >= 0.3 is 0 Å². The first-order chi connectivity index (χ1) is 6.33. The molecule has 74 valence electrons. The van der Waals surface area contributed by atoms with E-state index in [0.717, 1.165) is 12.3 Å². The van der Waals surface area contributed by atoms with E-state index in [2.05, 4.69) is 29.7 Å². The van der Waals surface area contributed by atoms with Crippen LogP contribution in [0.4, 0.5) is 0 Å². The van der Waals surface area contributed by atoms with Crippen molar-refractivity contribution < 1.29 is 0 Å². The van der Waals surface area contributed by atoms with Crippen LogP contribution in [0.2, 0.25) is 0 Å². The van der Waals surface area contributed by atoms with Gasteiger partial charge in [-0.2, -0.15) is 16.9 Å². The minimum absolute atomic E-state index is 0.414. The van der Waals surface area contributed by atoms with E-state index in [0.29, 0.717) is 6.04 Å². The molecule has 1 N–H and O–H groups in total. The number of aromatic nitrogens is 2. The zero-order valence-electron chi connectivity index (χ0n) is 8.45. The van der Waals surface area contributed by atoms with Crippen LogP contribution >= 0.6 is 11.8 Å². The first kappa shape index (κ1) is 10.6. The summed E-state index contributed by atoms with van der Waals surface area (Å²) in [5, 5.41) is 7.55. The van der Waals surface area contributed by atoms with Gasteiger partial charge in [0.2, 0.25) is 0 Å². The van der Waals surface area contributed by atoms with Gasteiger partial charge in [0.1, 0.15) is 0 Å². The molecule has 1 heterocycles. The SMILES string of the molecule is CCn1nccc1C(CSC)NC. The van der Waals surface area contributed by atoms with E-state index in [1.54, 1.807) is 0 Å². The number of thioether (sulfide) groups is 1. The fourth-order valence-corrected chi connectivity index (χ4v) is 2.06. The molecule has 1 aromatic heterocycles. The molecule has 0 amide bonds. The molecule has 4 heteroatoms. The van der Waals surface area contributed by atoms with Crippen LogP contribution < -0.4 is 5.32 Å². The Morgan fingerprint density at radius 1 is 1.69 bits per heavy atom. The third-order valence-corrected chi connectivity index (χ3v) is 2.75. The normalized spacial score (nSPS) is 13.2. The Kier molecular flexibility index (Phi) is 4.32. The van der Waals surface area contributed by atoms with Gasteiger partial charge in [-0.1, -0.05) is 0 Å². The van der Waals surface area contributed by atoms with Gasteiger partial charge in [-0.3, -0.25) is 4.68 Å². The molecule has 0 aliphatic heterocycles. The van der Waals surface area contributed by atoms with Crippen molar-refractivity contribution in [3.8, 4) is 0 Å². The molecular formula is C9H17N3S. The van der Waals surface area contributed by atoms with Gasteiger partial charge in [-0.15, -0.1) is 0 Å². The first-order valence-corrected chi connectivity index (χ1v) is 5.90. The summed E-state index contributed by atoms with van der Waals surface area (Å²) in [6.07, 6.45) is 3.99. The highest BCUT2D eigenvalue weighted by atomic mass is 32.2. The topological polar surface area (TPSA) is 29.9 Å². The predicted molar refractivity (Wildman–Crippen MR) is 58.1 cm³/mol. The summed E-state index contributed by atoms with van der Waals surface area (Å²) in [6.45, 7) is 3.05. The quantitative estimate of drug-likeness (QED) is 0.780. The van der Waals surface area contributed by atoms with Crippen molar-refractivity contribution in [1.82, 2.24) is 15.1 Å². The molecule has 1 atom stereocenters. The number of hydrogen-bond acceptors (Lipinski definition) is 3. The number of hydrogen-bond donors (Lipinski definition) is 1. The molecule has 0 saturated heterocycles. The van der Waals surface area contributed by atoms with E-state index in [4.69, 9.17) is 0 Å². The lowest BCUT2D eigenvalue weighted by Gasteiger charge is -2.15. The zero-order chi connectivity index (χ0) is 9.68. The van der Waals surface area contributed by atoms with E-state index in [1.807, 2.05) is 29.7 Å². The van der Waals surface area contributed by atoms with Crippen LogP contribution in [0.3, 0.4) is 0 Å². The molecule has 0 saturated carbocycles. The van der Waals surface area contributed by atoms with E-state index < -0.39 is 0 Å². The van der Waals surface area contributed by atoms with Crippen molar-refractivity contribution in [2.75, 3.05) is 19.1 Å². The second kappa shape index (κ2) is 5.29. The van der Waals surface area contributed by atoms with Gasteiger partial charge in [-0.25, -0.2) is 0 Å². The second-order valence-electron chi connectivity index (χ2n) is 2.87.